The van der Waals surface area contributed by atoms with E-state index in [2.05, 4.69) is 24.1 Å². The molecule has 0 amide bonds. The zero-order chi connectivity index (χ0) is 12.0. The summed E-state index contributed by atoms with van der Waals surface area (Å²) in [6.45, 7) is 6.65. The molecule has 1 aromatic heterocycles. The van der Waals surface area contributed by atoms with Crippen molar-refractivity contribution in [1.82, 2.24) is 10.3 Å². The molecule has 4 nitrogen and oxygen atoms in total. The third kappa shape index (κ3) is 3.43. The Hall–Kier alpha value is -0.650. The van der Waals surface area contributed by atoms with Gasteiger partial charge in [0.2, 0.25) is 0 Å². The van der Waals surface area contributed by atoms with Crippen molar-refractivity contribution < 1.29 is 0 Å². The molecule has 0 bridgehead atoms. The van der Waals surface area contributed by atoms with Crippen LogP contribution in [0.2, 0.25) is 0 Å². The number of aromatic amines is 1. The molecule has 0 saturated carbocycles. The van der Waals surface area contributed by atoms with E-state index in [4.69, 9.17) is 5.73 Å². The van der Waals surface area contributed by atoms with Crippen LogP contribution in [0.3, 0.4) is 0 Å². The zero-order valence-electron chi connectivity index (χ0n) is 10.0. The average Bonchev–Trinajstić information content (AvgIpc) is 2.71. The molecule has 4 N–H and O–H groups in total. The van der Waals surface area contributed by atoms with Gasteiger partial charge in [-0.3, -0.25) is 4.79 Å². The molecular weight excluding hydrogens is 222 g/mol. The minimum Gasteiger partial charge on any atom is -0.330 e. The van der Waals surface area contributed by atoms with Crippen LogP contribution in [-0.4, -0.2) is 18.1 Å². The molecule has 0 aliphatic carbocycles. The van der Waals surface area contributed by atoms with Gasteiger partial charge in [-0.2, -0.15) is 0 Å². The summed E-state index contributed by atoms with van der Waals surface area (Å²) < 4.78 is 0. The van der Waals surface area contributed by atoms with Crippen molar-refractivity contribution in [1.29, 1.82) is 0 Å². The van der Waals surface area contributed by atoms with Crippen LogP contribution in [0.4, 0.5) is 0 Å². The number of thiazole rings is 1. The first-order valence-corrected chi connectivity index (χ1v) is 6.61. The molecule has 1 aromatic rings. The van der Waals surface area contributed by atoms with E-state index in [1.807, 2.05) is 5.38 Å². The molecule has 1 rings (SSSR count). The fraction of sp³-hybridized carbons (Fsp3) is 0.727. The highest BCUT2D eigenvalue weighted by molar-refractivity contribution is 7.07. The van der Waals surface area contributed by atoms with Crippen LogP contribution in [0.25, 0.3) is 0 Å². The second kappa shape index (κ2) is 6.18. The van der Waals surface area contributed by atoms with Gasteiger partial charge in [-0.05, 0) is 24.8 Å². The van der Waals surface area contributed by atoms with Crippen LogP contribution in [0.15, 0.2) is 10.2 Å². The van der Waals surface area contributed by atoms with Gasteiger partial charge in [-0.15, -0.1) is 0 Å². The van der Waals surface area contributed by atoms with Crippen molar-refractivity contribution in [3.8, 4) is 0 Å². The lowest BCUT2D eigenvalue weighted by Crippen LogP contribution is -2.39. The first-order chi connectivity index (χ1) is 7.65. The van der Waals surface area contributed by atoms with Gasteiger partial charge >= 0.3 is 4.87 Å². The topological polar surface area (TPSA) is 70.9 Å². The molecule has 0 aromatic carbocycles. The van der Waals surface area contributed by atoms with Crippen LogP contribution in [0.1, 0.15) is 32.4 Å². The number of H-pyrrole nitrogens is 1. The third-order valence-corrected chi connectivity index (χ3v) is 4.04. The second-order valence-corrected chi connectivity index (χ2v) is 5.03. The summed E-state index contributed by atoms with van der Waals surface area (Å²) in [6.07, 6.45) is 2.15. The molecule has 0 aliphatic heterocycles. The molecule has 0 aliphatic rings. The van der Waals surface area contributed by atoms with E-state index in [1.165, 1.54) is 11.3 Å². The smallest absolute Gasteiger partial charge is 0.304 e. The van der Waals surface area contributed by atoms with E-state index in [-0.39, 0.29) is 10.3 Å². The highest BCUT2D eigenvalue weighted by Crippen LogP contribution is 2.23. The second-order valence-electron chi connectivity index (χ2n) is 4.19. The summed E-state index contributed by atoms with van der Waals surface area (Å²) in [5.74, 6) is 0. The Kier molecular flexibility index (Phi) is 5.18. The Morgan fingerprint density at radius 2 is 2.19 bits per heavy atom. The quantitative estimate of drug-likeness (QED) is 0.676. The Balaban J connectivity index is 2.42. The number of nitrogens with two attached hydrogens (primary N) is 1. The summed E-state index contributed by atoms with van der Waals surface area (Å²) in [6, 6.07) is 0. The van der Waals surface area contributed by atoms with Crippen molar-refractivity contribution >= 4 is 11.3 Å². The van der Waals surface area contributed by atoms with Crippen molar-refractivity contribution in [2.45, 2.75) is 33.2 Å². The van der Waals surface area contributed by atoms with Crippen LogP contribution >= 0.6 is 11.3 Å². The van der Waals surface area contributed by atoms with Crippen molar-refractivity contribution in [3.63, 3.8) is 0 Å². The Bertz CT molecular complexity index is 346. The highest BCUT2D eigenvalue weighted by Gasteiger charge is 2.23. The molecule has 0 fully saturated rings. The monoisotopic (exact) mass is 243 g/mol. The van der Waals surface area contributed by atoms with Crippen molar-refractivity contribution in [3.05, 3.63) is 20.7 Å². The maximum atomic E-state index is 10.9. The molecule has 0 spiro atoms. The maximum Gasteiger partial charge on any atom is 0.304 e. The van der Waals surface area contributed by atoms with E-state index in [0.717, 1.165) is 25.1 Å². The highest BCUT2D eigenvalue weighted by atomic mass is 32.1. The van der Waals surface area contributed by atoms with Gasteiger partial charge in [0, 0.05) is 24.2 Å². The molecular formula is C11H21N3OS. The number of nitrogens with one attached hydrogen (secondary N) is 2. The van der Waals surface area contributed by atoms with E-state index in [1.54, 1.807) is 0 Å². The summed E-state index contributed by atoms with van der Waals surface area (Å²) in [5, 5.41) is 5.22. The van der Waals surface area contributed by atoms with Crippen molar-refractivity contribution in [2.24, 2.45) is 11.1 Å². The fourth-order valence-corrected chi connectivity index (χ4v) is 2.31. The molecule has 0 saturated heterocycles. The predicted octanol–water partition coefficient (Wildman–Crippen LogP) is 1.29. The Labute approximate surface area is 100 Å². The molecule has 92 valence electrons. The maximum absolute atomic E-state index is 10.9. The Morgan fingerprint density at radius 3 is 2.62 bits per heavy atom. The first kappa shape index (κ1) is 13.4. The normalized spacial score (nSPS) is 11.9. The van der Waals surface area contributed by atoms with Crippen LogP contribution in [0, 0.1) is 5.41 Å². The van der Waals surface area contributed by atoms with E-state index in [0.29, 0.717) is 13.1 Å². The minimum atomic E-state index is 0.00729. The summed E-state index contributed by atoms with van der Waals surface area (Å²) in [5.41, 5.74) is 6.96. The lowest BCUT2D eigenvalue weighted by molar-refractivity contribution is 0.258. The lowest BCUT2D eigenvalue weighted by Gasteiger charge is -2.30. The number of hydrogen-bond acceptors (Lipinski definition) is 4. The number of aromatic nitrogens is 1. The molecule has 0 unspecified atom stereocenters. The molecule has 5 heteroatoms. The lowest BCUT2D eigenvalue weighted by atomic mass is 9.82. The largest absolute Gasteiger partial charge is 0.330 e. The van der Waals surface area contributed by atoms with Gasteiger partial charge in [0.25, 0.3) is 0 Å². The molecule has 1 heterocycles. The molecule has 16 heavy (non-hydrogen) atoms. The van der Waals surface area contributed by atoms with Gasteiger partial charge in [0.1, 0.15) is 0 Å². The predicted molar refractivity (Wildman–Crippen MR) is 68.7 cm³/mol. The fourth-order valence-electron chi connectivity index (χ4n) is 1.72. The number of rotatable bonds is 7. The van der Waals surface area contributed by atoms with Crippen molar-refractivity contribution in [2.75, 3.05) is 13.1 Å². The average molecular weight is 243 g/mol. The first-order valence-electron chi connectivity index (χ1n) is 5.73. The zero-order valence-corrected chi connectivity index (χ0v) is 10.8. The van der Waals surface area contributed by atoms with Gasteiger partial charge in [-0.25, -0.2) is 0 Å². The standard InChI is InChI=1S/C11H21N3OS/c1-3-11(4-2,7-12)8-13-5-9-6-16-10(15)14-9/h6,13H,3-5,7-8,12H2,1-2H3,(H,14,15). The van der Waals surface area contributed by atoms with Gasteiger partial charge in [-0.1, -0.05) is 25.2 Å². The van der Waals surface area contributed by atoms with Gasteiger partial charge in [0.15, 0.2) is 0 Å². The van der Waals surface area contributed by atoms with Crippen LogP contribution in [0.5, 0.6) is 0 Å². The molecule has 0 atom stereocenters. The summed E-state index contributed by atoms with van der Waals surface area (Å²) >= 11 is 1.20. The van der Waals surface area contributed by atoms with Gasteiger partial charge < -0.3 is 16.0 Å². The minimum absolute atomic E-state index is 0.00729. The molecule has 0 radical (unpaired) electrons. The van der Waals surface area contributed by atoms with E-state index in [9.17, 15) is 4.79 Å². The van der Waals surface area contributed by atoms with Crippen LogP contribution in [-0.2, 0) is 6.54 Å². The SMILES string of the molecule is CCC(CC)(CN)CNCc1csc(=O)[nH]1. The summed E-state index contributed by atoms with van der Waals surface area (Å²) in [7, 11) is 0. The van der Waals surface area contributed by atoms with E-state index >= 15 is 0 Å². The number of hydrogen-bond donors (Lipinski definition) is 3. The third-order valence-electron chi connectivity index (χ3n) is 3.32. The van der Waals surface area contributed by atoms with E-state index < -0.39 is 0 Å². The Morgan fingerprint density at radius 1 is 1.50 bits per heavy atom. The summed E-state index contributed by atoms with van der Waals surface area (Å²) in [4.78, 5) is 13.7. The van der Waals surface area contributed by atoms with Gasteiger partial charge in [0.05, 0.1) is 0 Å². The van der Waals surface area contributed by atoms with Crippen LogP contribution < -0.4 is 15.9 Å².